The van der Waals surface area contributed by atoms with E-state index in [0.29, 0.717) is 15.5 Å². The van der Waals surface area contributed by atoms with Crippen molar-refractivity contribution in [1.29, 1.82) is 0 Å². The van der Waals surface area contributed by atoms with Crippen molar-refractivity contribution in [3.05, 3.63) is 65.7 Å². The molecule has 0 radical (unpaired) electrons. The number of aromatic amines is 2. The molecule has 8 nitrogen and oxygen atoms in total. The van der Waals surface area contributed by atoms with Crippen molar-refractivity contribution in [2.45, 2.75) is 77.9 Å². The minimum atomic E-state index is 0.101. The fourth-order valence-corrected chi connectivity index (χ4v) is 5.87. The lowest BCUT2D eigenvalue weighted by Gasteiger charge is -2.18. The molecule has 5 aromatic rings. The van der Waals surface area contributed by atoms with Crippen molar-refractivity contribution in [3.63, 3.8) is 0 Å². The first-order chi connectivity index (χ1) is 19.0. The third-order valence-corrected chi connectivity index (χ3v) is 8.33. The molecule has 0 spiro atoms. The lowest BCUT2D eigenvalue weighted by Crippen LogP contribution is -2.10. The van der Waals surface area contributed by atoms with Crippen LogP contribution in [-0.4, -0.2) is 46.6 Å². The highest BCUT2D eigenvalue weighted by molar-refractivity contribution is 8.00. The van der Waals surface area contributed by atoms with Crippen LogP contribution in [0.3, 0.4) is 0 Å². The standard InChI is InChI=1S/C29H32N8S3/c1-28(2,3)19-12-8-17(9-13-19)23-32-26(36-34-23)39-21-16-22(31-25(30-21)38-7)40-27-33-24(35-37-27)18-10-14-20(15-11-18)29(4,5)6/h8-16H,1-7H3,(H,32,34,36)(H,33,35,37). The highest BCUT2D eigenvalue weighted by Gasteiger charge is 2.17. The van der Waals surface area contributed by atoms with Crippen LogP contribution < -0.4 is 0 Å². The minimum absolute atomic E-state index is 0.101. The zero-order valence-electron chi connectivity index (χ0n) is 23.6. The SMILES string of the molecule is CSc1nc(Sc2n[nH]c(-c3ccc(C(C)(C)C)cc3)n2)cc(Sc2n[nH]c(-c3ccc(C(C)(C)C)cc3)n2)n1. The fourth-order valence-electron chi connectivity index (χ4n) is 3.87. The molecule has 5 rings (SSSR count). The van der Waals surface area contributed by atoms with E-state index in [-0.39, 0.29) is 10.8 Å². The van der Waals surface area contributed by atoms with Gasteiger partial charge in [-0.05, 0) is 51.7 Å². The summed E-state index contributed by atoms with van der Waals surface area (Å²) in [5.74, 6) is 1.45. The van der Waals surface area contributed by atoms with Crippen molar-refractivity contribution in [2.75, 3.05) is 6.26 Å². The second kappa shape index (κ2) is 11.4. The first kappa shape index (κ1) is 28.4. The Morgan fingerprint density at radius 1 is 0.550 bits per heavy atom. The van der Waals surface area contributed by atoms with Gasteiger partial charge in [0.15, 0.2) is 16.8 Å². The highest BCUT2D eigenvalue weighted by Crippen LogP contribution is 2.33. The van der Waals surface area contributed by atoms with Crippen molar-refractivity contribution in [1.82, 2.24) is 40.3 Å². The van der Waals surface area contributed by atoms with Crippen molar-refractivity contribution >= 4 is 35.3 Å². The summed E-state index contributed by atoms with van der Waals surface area (Å²) in [6.07, 6.45) is 1.95. The van der Waals surface area contributed by atoms with Gasteiger partial charge in [-0.2, -0.15) is 0 Å². The van der Waals surface area contributed by atoms with E-state index in [4.69, 9.17) is 0 Å². The van der Waals surface area contributed by atoms with Crippen LogP contribution in [0.5, 0.6) is 0 Å². The Hall–Kier alpha value is -3.15. The van der Waals surface area contributed by atoms with Crippen LogP contribution in [0.1, 0.15) is 52.7 Å². The average Bonchev–Trinajstić information content (AvgIpc) is 3.58. The number of benzene rings is 2. The summed E-state index contributed by atoms with van der Waals surface area (Å²) >= 11 is 4.26. The number of nitrogens with one attached hydrogen (secondary N) is 2. The van der Waals surface area contributed by atoms with E-state index < -0.39 is 0 Å². The van der Waals surface area contributed by atoms with Crippen LogP contribution in [0, 0.1) is 0 Å². The van der Waals surface area contributed by atoms with Crippen LogP contribution in [0.2, 0.25) is 0 Å². The van der Waals surface area contributed by atoms with E-state index in [1.165, 1.54) is 46.4 Å². The van der Waals surface area contributed by atoms with E-state index >= 15 is 0 Å². The fraction of sp³-hybridized carbons (Fsp3) is 0.310. The highest BCUT2D eigenvalue weighted by atomic mass is 32.2. The van der Waals surface area contributed by atoms with Crippen molar-refractivity contribution in [3.8, 4) is 22.8 Å². The molecular weight excluding hydrogens is 557 g/mol. The lowest BCUT2D eigenvalue weighted by molar-refractivity contribution is 0.590. The molecule has 0 atom stereocenters. The molecule has 40 heavy (non-hydrogen) atoms. The van der Waals surface area contributed by atoms with E-state index in [0.717, 1.165) is 32.8 Å². The van der Waals surface area contributed by atoms with Crippen molar-refractivity contribution in [2.24, 2.45) is 0 Å². The topological polar surface area (TPSA) is 109 Å². The summed E-state index contributed by atoms with van der Waals surface area (Å²) in [5, 5.41) is 18.3. The molecule has 3 heterocycles. The molecule has 11 heteroatoms. The van der Waals surface area contributed by atoms with E-state index in [1.807, 2.05) is 12.3 Å². The van der Waals surface area contributed by atoms with Gasteiger partial charge in [-0.15, -0.1) is 10.2 Å². The zero-order chi connectivity index (χ0) is 28.5. The predicted octanol–water partition coefficient (Wildman–Crippen LogP) is 7.67. The molecule has 0 saturated heterocycles. The third-order valence-electron chi connectivity index (χ3n) is 6.21. The molecule has 2 aromatic carbocycles. The number of nitrogens with zero attached hydrogens (tertiary/aromatic N) is 6. The number of thioether (sulfide) groups is 1. The minimum Gasteiger partial charge on any atom is -0.258 e. The van der Waals surface area contributed by atoms with Gasteiger partial charge < -0.3 is 0 Å². The molecule has 0 saturated carbocycles. The molecule has 0 fully saturated rings. The van der Waals surface area contributed by atoms with Gasteiger partial charge in [-0.25, -0.2) is 19.9 Å². The van der Waals surface area contributed by atoms with Crippen LogP contribution >= 0.6 is 35.3 Å². The maximum atomic E-state index is 4.69. The number of hydrogen-bond donors (Lipinski definition) is 2. The molecular formula is C29H32N8S3. The molecule has 0 bridgehead atoms. The van der Waals surface area contributed by atoms with Gasteiger partial charge in [0.1, 0.15) is 10.1 Å². The number of hydrogen-bond acceptors (Lipinski definition) is 9. The maximum absolute atomic E-state index is 4.69. The average molecular weight is 589 g/mol. The number of H-pyrrole nitrogens is 2. The Labute approximate surface area is 247 Å². The Kier molecular flexibility index (Phi) is 8.08. The summed E-state index contributed by atoms with van der Waals surface area (Å²) in [7, 11) is 0. The molecule has 0 aliphatic rings. The third kappa shape index (κ3) is 6.76. The van der Waals surface area contributed by atoms with Crippen molar-refractivity contribution < 1.29 is 0 Å². The Bertz CT molecular complexity index is 1480. The molecule has 0 aliphatic heterocycles. The van der Waals surface area contributed by atoms with Crippen LogP contribution in [0.25, 0.3) is 22.8 Å². The summed E-state index contributed by atoms with van der Waals surface area (Å²) in [6.45, 7) is 13.2. The summed E-state index contributed by atoms with van der Waals surface area (Å²) in [5.41, 5.74) is 4.73. The first-order valence-electron chi connectivity index (χ1n) is 12.8. The summed E-state index contributed by atoms with van der Waals surface area (Å²) in [6, 6.07) is 18.8. The molecule has 206 valence electrons. The molecule has 0 aliphatic carbocycles. The quantitative estimate of drug-likeness (QED) is 0.112. The van der Waals surface area contributed by atoms with Gasteiger partial charge in [0.25, 0.3) is 0 Å². The van der Waals surface area contributed by atoms with Gasteiger partial charge in [-0.3, -0.25) is 10.2 Å². The largest absolute Gasteiger partial charge is 0.258 e. The second-order valence-corrected chi connectivity index (χ2v) is 14.1. The van der Waals surface area contributed by atoms with Gasteiger partial charge in [0, 0.05) is 17.2 Å². The monoisotopic (exact) mass is 588 g/mol. The smallest absolute Gasteiger partial charge is 0.215 e. The van der Waals surface area contributed by atoms with E-state index in [2.05, 4.69) is 130 Å². The maximum Gasteiger partial charge on any atom is 0.215 e. The van der Waals surface area contributed by atoms with Gasteiger partial charge in [0.2, 0.25) is 10.3 Å². The number of rotatable bonds is 7. The van der Waals surface area contributed by atoms with E-state index in [9.17, 15) is 0 Å². The molecule has 2 N–H and O–H groups in total. The first-order valence-corrected chi connectivity index (χ1v) is 15.7. The van der Waals surface area contributed by atoms with E-state index in [1.54, 1.807) is 0 Å². The van der Waals surface area contributed by atoms with Crippen LogP contribution in [0.15, 0.2) is 80.1 Å². The van der Waals surface area contributed by atoms with Gasteiger partial charge in [0.05, 0.1) is 0 Å². The van der Waals surface area contributed by atoms with Crippen LogP contribution in [-0.2, 0) is 10.8 Å². The lowest BCUT2D eigenvalue weighted by atomic mass is 9.87. The molecule has 0 amide bonds. The molecule has 3 aromatic heterocycles. The predicted molar refractivity (Wildman–Crippen MR) is 163 cm³/mol. The Balaban J connectivity index is 1.31. The Morgan fingerprint density at radius 2 is 0.950 bits per heavy atom. The van der Waals surface area contributed by atoms with Gasteiger partial charge >= 0.3 is 0 Å². The Morgan fingerprint density at radius 3 is 1.30 bits per heavy atom. The second-order valence-electron chi connectivity index (χ2n) is 11.3. The van der Waals surface area contributed by atoms with Crippen LogP contribution in [0.4, 0.5) is 0 Å². The van der Waals surface area contributed by atoms with Gasteiger partial charge in [-0.1, -0.05) is 102 Å². The normalized spacial score (nSPS) is 12.2. The zero-order valence-corrected chi connectivity index (χ0v) is 26.1. The molecule has 0 unspecified atom stereocenters. The number of aromatic nitrogens is 8. The summed E-state index contributed by atoms with van der Waals surface area (Å²) < 4.78 is 0. The summed E-state index contributed by atoms with van der Waals surface area (Å²) in [4.78, 5) is 18.7.